The Morgan fingerprint density at radius 1 is 1.21 bits per heavy atom. The molecule has 3 aromatic rings. The molecule has 2 amide bonds. The predicted molar refractivity (Wildman–Crippen MR) is 107 cm³/mol. The summed E-state index contributed by atoms with van der Waals surface area (Å²) in [5.74, 6) is 1.42. The van der Waals surface area contributed by atoms with Crippen LogP contribution in [0.3, 0.4) is 0 Å². The van der Waals surface area contributed by atoms with E-state index in [0.717, 1.165) is 5.56 Å². The van der Waals surface area contributed by atoms with Crippen molar-refractivity contribution in [2.45, 2.75) is 33.4 Å². The molecule has 1 unspecified atom stereocenters. The van der Waals surface area contributed by atoms with E-state index in [1.54, 1.807) is 24.4 Å². The third kappa shape index (κ3) is 5.20. The third-order valence-electron chi connectivity index (χ3n) is 3.86. The summed E-state index contributed by atoms with van der Waals surface area (Å²) < 4.78 is 11.3. The highest BCUT2D eigenvalue weighted by Gasteiger charge is 2.17. The van der Waals surface area contributed by atoms with E-state index in [-0.39, 0.29) is 11.8 Å². The van der Waals surface area contributed by atoms with Crippen LogP contribution in [0.25, 0.3) is 11.5 Å². The zero-order chi connectivity index (χ0) is 20.1. The molecule has 0 radical (unpaired) electrons. The van der Waals surface area contributed by atoms with Crippen LogP contribution in [0.5, 0.6) is 5.75 Å². The molecule has 0 bridgehead atoms. The minimum absolute atomic E-state index is 0.126. The average molecular weight is 399 g/mol. The van der Waals surface area contributed by atoms with Crippen LogP contribution in [-0.2, 0) is 16.1 Å². The number of furan rings is 1. The minimum atomic E-state index is -0.664. The molecule has 1 atom stereocenters. The van der Waals surface area contributed by atoms with Gasteiger partial charge in [-0.15, -0.1) is 11.3 Å². The van der Waals surface area contributed by atoms with Gasteiger partial charge < -0.3 is 14.5 Å². The lowest BCUT2D eigenvalue weighted by Crippen LogP contribution is -2.30. The molecule has 0 aliphatic heterocycles. The highest BCUT2D eigenvalue weighted by molar-refractivity contribution is 7.14. The molecule has 0 fully saturated rings. The number of nitrogens with one attached hydrogen (secondary N) is 2. The van der Waals surface area contributed by atoms with Gasteiger partial charge in [0.2, 0.25) is 5.91 Å². The zero-order valence-corrected chi connectivity index (χ0v) is 16.6. The van der Waals surface area contributed by atoms with Crippen LogP contribution >= 0.6 is 11.3 Å². The van der Waals surface area contributed by atoms with Crippen molar-refractivity contribution < 1.29 is 18.7 Å². The standard InChI is InChI=1S/C20H21N3O4S/c1-12-4-6-15(7-5-12)26-13(2)19(25)23-20-22-17(11-28-20)18-9-8-16(27-18)10-21-14(3)24/h4-9,11,13H,10H2,1-3H3,(H,21,24)(H,22,23,25). The quantitative estimate of drug-likeness (QED) is 0.631. The lowest BCUT2D eigenvalue weighted by Gasteiger charge is -2.13. The van der Waals surface area contributed by atoms with Crippen molar-refractivity contribution in [2.75, 3.05) is 5.32 Å². The van der Waals surface area contributed by atoms with Gasteiger partial charge in [0, 0.05) is 12.3 Å². The molecule has 0 aliphatic rings. The summed E-state index contributed by atoms with van der Waals surface area (Å²) in [4.78, 5) is 27.7. The maximum Gasteiger partial charge on any atom is 0.266 e. The number of aryl methyl sites for hydroxylation is 1. The van der Waals surface area contributed by atoms with Gasteiger partial charge in [0.05, 0.1) is 6.54 Å². The van der Waals surface area contributed by atoms with Gasteiger partial charge >= 0.3 is 0 Å². The van der Waals surface area contributed by atoms with Crippen molar-refractivity contribution >= 4 is 28.3 Å². The van der Waals surface area contributed by atoms with E-state index in [9.17, 15) is 9.59 Å². The number of carbonyl (C=O) groups excluding carboxylic acids is 2. The van der Waals surface area contributed by atoms with Gasteiger partial charge in [-0.1, -0.05) is 17.7 Å². The molecular formula is C20H21N3O4S. The Morgan fingerprint density at radius 3 is 2.68 bits per heavy atom. The lowest BCUT2D eigenvalue weighted by molar-refractivity contribution is -0.122. The topological polar surface area (TPSA) is 93.5 Å². The largest absolute Gasteiger partial charge is 0.481 e. The summed E-state index contributed by atoms with van der Waals surface area (Å²) >= 11 is 1.30. The number of ether oxygens (including phenoxy) is 1. The Labute approximate surface area is 166 Å². The van der Waals surface area contributed by atoms with Crippen LogP contribution in [-0.4, -0.2) is 22.9 Å². The number of thiazole rings is 1. The molecule has 2 aromatic heterocycles. The number of nitrogens with zero attached hydrogens (tertiary/aromatic N) is 1. The number of anilines is 1. The first kappa shape index (κ1) is 19.6. The Balaban J connectivity index is 1.58. The maximum atomic E-state index is 12.3. The summed E-state index contributed by atoms with van der Waals surface area (Å²) in [5.41, 5.74) is 1.74. The first-order valence-corrected chi connectivity index (χ1v) is 9.62. The number of benzene rings is 1. The molecule has 7 nitrogen and oxygen atoms in total. The second-order valence-electron chi connectivity index (χ2n) is 6.28. The molecule has 0 saturated heterocycles. The van der Waals surface area contributed by atoms with Crippen LogP contribution in [0.4, 0.5) is 5.13 Å². The van der Waals surface area contributed by atoms with Crippen LogP contribution in [0.1, 0.15) is 25.2 Å². The summed E-state index contributed by atoms with van der Waals surface area (Å²) in [6, 6.07) is 11.1. The normalized spacial score (nSPS) is 11.7. The molecule has 0 spiro atoms. The number of hydrogen-bond acceptors (Lipinski definition) is 6. The average Bonchev–Trinajstić information content (AvgIpc) is 3.31. The first-order valence-electron chi connectivity index (χ1n) is 8.74. The van der Waals surface area contributed by atoms with Gasteiger partial charge in [-0.3, -0.25) is 14.9 Å². The fourth-order valence-electron chi connectivity index (χ4n) is 2.35. The maximum absolute atomic E-state index is 12.3. The molecule has 146 valence electrons. The van der Waals surface area contributed by atoms with E-state index < -0.39 is 6.10 Å². The van der Waals surface area contributed by atoms with E-state index in [2.05, 4.69) is 15.6 Å². The van der Waals surface area contributed by atoms with Crippen LogP contribution in [0, 0.1) is 6.92 Å². The number of amides is 2. The van der Waals surface area contributed by atoms with E-state index in [1.165, 1.54) is 18.3 Å². The number of hydrogen-bond donors (Lipinski definition) is 2. The second-order valence-corrected chi connectivity index (χ2v) is 7.13. The Morgan fingerprint density at radius 2 is 1.96 bits per heavy atom. The Bertz CT molecular complexity index is 962. The summed E-state index contributed by atoms with van der Waals surface area (Å²) in [5, 5.41) is 7.68. The first-order chi connectivity index (χ1) is 13.4. The van der Waals surface area contributed by atoms with Crippen LogP contribution in [0.2, 0.25) is 0 Å². The zero-order valence-electron chi connectivity index (χ0n) is 15.8. The van der Waals surface area contributed by atoms with E-state index in [1.807, 2.05) is 31.2 Å². The SMILES string of the molecule is CC(=O)NCc1ccc(-c2csc(NC(=O)C(C)Oc3ccc(C)cc3)n2)o1. The number of aromatic nitrogens is 1. The van der Waals surface area contributed by atoms with Crippen molar-refractivity contribution in [1.82, 2.24) is 10.3 Å². The van der Waals surface area contributed by atoms with Crippen molar-refractivity contribution in [3.05, 3.63) is 53.1 Å². The fourth-order valence-corrected chi connectivity index (χ4v) is 3.05. The van der Waals surface area contributed by atoms with Gasteiger partial charge in [-0.25, -0.2) is 4.98 Å². The van der Waals surface area contributed by atoms with E-state index in [4.69, 9.17) is 9.15 Å². The molecule has 8 heteroatoms. The molecule has 2 heterocycles. The van der Waals surface area contributed by atoms with E-state index in [0.29, 0.717) is 34.6 Å². The van der Waals surface area contributed by atoms with Crippen molar-refractivity contribution in [2.24, 2.45) is 0 Å². The third-order valence-corrected chi connectivity index (χ3v) is 4.62. The Kier molecular flexibility index (Phi) is 6.10. The summed E-state index contributed by atoms with van der Waals surface area (Å²) in [6.07, 6.45) is -0.664. The fraction of sp³-hybridized carbons (Fsp3) is 0.250. The molecular weight excluding hydrogens is 378 g/mol. The molecule has 0 saturated carbocycles. The summed E-state index contributed by atoms with van der Waals surface area (Å²) in [6.45, 7) is 5.44. The summed E-state index contributed by atoms with van der Waals surface area (Å²) in [7, 11) is 0. The van der Waals surface area contributed by atoms with Gasteiger partial charge in [-0.05, 0) is 38.1 Å². The van der Waals surface area contributed by atoms with Crippen molar-refractivity contribution in [3.63, 3.8) is 0 Å². The monoisotopic (exact) mass is 399 g/mol. The number of rotatable bonds is 7. The van der Waals surface area contributed by atoms with Gasteiger partial charge in [0.25, 0.3) is 5.91 Å². The molecule has 3 rings (SSSR count). The van der Waals surface area contributed by atoms with Gasteiger partial charge in [0.15, 0.2) is 17.0 Å². The lowest BCUT2D eigenvalue weighted by atomic mass is 10.2. The number of carbonyl (C=O) groups is 2. The van der Waals surface area contributed by atoms with Crippen molar-refractivity contribution in [3.8, 4) is 17.2 Å². The van der Waals surface area contributed by atoms with Crippen LogP contribution in [0.15, 0.2) is 46.2 Å². The van der Waals surface area contributed by atoms with Crippen molar-refractivity contribution in [1.29, 1.82) is 0 Å². The predicted octanol–water partition coefficient (Wildman–Crippen LogP) is 3.75. The molecule has 0 aliphatic carbocycles. The van der Waals surface area contributed by atoms with Gasteiger partial charge in [0.1, 0.15) is 17.2 Å². The molecule has 2 N–H and O–H groups in total. The second kappa shape index (κ2) is 8.71. The smallest absolute Gasteiger partial charge is 0.266 e. The highest BCUT2D eigenvalue weighted by Crippen LogP contribution is 2.27. The molecule has 1 aromatic carbocycles. The van der Waals surface area contributed by atoms with Crippen LogP contribution < -0.4 is 15.4 Å². The highest BCUT2D eigenvalue weighted by atomic mass is 32.1. The van der Waals surface area contributed by atoms with E-state index >= 15 is 0 Å². The van der Waals surface area contributed by atoms with Gasteiger partial charge in [-0.2, -0.15) is 0 Å². The Hall–Kier alpha value is -3.13. The molecule has 28 heavy (non-hydrogen) atoms. The minimum Gasteiger partial charge on any atom is -0.481 e.